The van der Waals surface area contributed by atoms with Crippen LogP contribution in [0.5, 0.6) is 0 Å². The molecule has 3 rings (SSSR count). The number of nitrogens with zero attached hydrogens (tertiary/aromatic N) is 2. The molecule has 0 saturated heterocycles. The van der Waals surface area contributed by atoms with Crippen LogP contribution < -0.4 is 0 Å². The average Bonchev–Trinajstić information content (AvgIpc) is 2.65. The fraction of sp³-hybridized carbons (Fsp3) is 0.250. The lowest BCUT2D eigenvalue weighted by molar-refractivity contribution is 0.0601. The molecule has 0 saturated carbocycles. The van der Waals surface area contributed by atoms with E-state index in [-0.39, 0.29) is 5.97 Å². The van der Waals surface area contributed by atoms with Gasteiger partial charge >= 0.3 is 5.97 Å². The topological polar surface area (TPSA) is 52.1 Å². The highest BCUT2D eigenvalue weighted by Crippen LogP contribution is 2.28. The quantitative estimate of drug-likeness (QED) is 0.653. The molecule has 1 heterocycles. The molecule has 3 aromatic rings. The zero-order valence-electron chi connectivity index (χ0n) is 14.0. The highest BCUT2D eigenvalue weighted by molar-refractivity contribution is 5.97. The van der Waals surface area contributed by atoms with Gasteiger partial charge in [-0.15, -0.1) is 0 Å². The van der Waals surface area contributed by atoms with Crippen LogP contribution in [0.4, 0.5) is 0 Å². The Morgan fingerprint density at radius 2 is 1.67 bits per heavy atom. The zero-order valence-corrected chi connectivity index (χ0v) is 14.0. The van der Waals surface area contributed by atoms with Crippen LogP contribution in [0.2, 0.25) is 0 Å². The molecule has 0 aliphatic carbocycles. The monoisotopic (exact) mass is 320 g/mol. The first-order valence-electron chi connectivity index (χ1n) is 8.18. The van der Waals surface area contributed by atoms with Crippen molar-refractivity contribution in [2.45, 2.75) is 26.2 Å². The molecule has 0 atom stereocenters. The Hall–Kier alpha value is -2.75. The van der Waals surface area contributed by atoms with Gasteiger partial charge in [-0.25, -0.2) is 14.8 Å². The van der Waals surface area contributed by atoms with Gasteiger partial charge in [-0.1, -0.05) is 43.7 Å². The first-order chi connectivity index (χ1) is 11.7. The van der Waals surface area contributed by atoms with Gasteiger partial charge in [0.25, 0.3) is 0 Å². The molecule has 122 valence electrons. The van der Waals surface area contributed by atoms with Gasteiger partial charge in [-0.05, 0) is 31.0 Å². The number of esters is 1. The Labute approximate surface area is 141 Å². The summed E-state index contributed by atoms with van der Waals surface area (Å²) in [5.41, 5.74) is 4.68. The predicted octanol–water partition coefficient (Wildman–Crippen LogP) is 4.43. The fourth-order valence-corrected chi connectivity index (χ4v) is 2.75. The molecule has 4 nitrogen and oxygen atoms in total. The van der Waals surface area contributed by atoms with Crippen LogP contribution in [0.3, 0.4) is 0 Å². The number of aromatic nitrogens is 2. The lowest BCUT2D eigenvalue weighted by Crippen LogP contribution is -2.06. The maximum absolute atomic E-state index is 12.1. The largest absolute Gasteiger partial charge is 0.465 e. The molecule has 24 heavy (non-hydrogen) atoms. The van der Waals surface area contributed by atoms with E-state index < -0.39 is 0 Å². The second-order valence-electron chi connectivity index (χ2n) is 5.65. The summed E-state index contributed by atoms with van der Waals surface area (Å²) in [7, 11) is 1.39. The number of unbranched alkanes of at least 4 members (excludes halogenated alkanes) is 1. The second-order valence-corrected chi connectivity index (χ2v) is 5.65. The number of carbonyl (C=O) groups is 1. The minimum Gasteiger partial charge on any atom is -0.465 e. The fourth-order valence-electron chi connectivity index (χ4n) is 2.75. The molecule has 0 fully saturated rings. The van der Waals surface area contributed by atoms with Crippen molar-refractivity contribution in [3.8, 4) is 11.3 Å². The molecule has 0 radical (unpaired) electrons. The molecular formula is C20H20N2O2. The SMILES string of the molecule is CCCCc1nc2ccccc2nc1-c1ccccc1C(=O)OC. The Balaban J connectivity index is 2.22. The van der Waals surface area contributed by atoms with Crippen molar-refractivity contribution in [1.29, 1.82) is 0 Å². The van der Waals surface area contributed by atoms with Crippen molar-refractivity contribution >= 4 is 17.0 Å². The van der Waals surface area contributed by atoms with E-state index in [1.807, 2.05) is 42.5 Å². The van der Waals surface area contributed by atoms with Crippen LogP contribution in [0.25, 0.3) is 22.3 Å². The number of aryl methyl sites for hydroxylation is 1. The molecule has 0 bridgehead atoms. The van der Waals surface area contributed by atoms with Crippen molar-refractivity contribution in [3.05, 3.63) is 59.8 Å². The first-order valence-corrected chi connectivity index (χ1v) is 8.18. The van der Waals surface area contributed by atoms with Gasteiger partial charge < -0.3 is 4.74 Å². The molecule has 4 heteroatoms. The normalized spacial score (nSPS) is 10.8. The Morgan fingerprint density at radius 3 is 2.38 bits per heavy atom. The summed E-state index contributed by atoms with van der Waals surface area (Å²) in [6.07, 6.45) is 2.94. The first kappa shape index (κ1) is 16.1. The molecule has 2 aromatic carbocycles. The summed E-state index contributed by atoms with van der Waals surface area (Å²) in [5.74, 6) is -0.359. The lowest BCUT2D eigenvalue weighted by atomic mass is 10.00. The van der Waals surface area contributed by atoms with Crippen LogP contribution in [0, 0.1) is 0 Å². The van der Waals surface area contributed by atoms with E-state index in [4.69, 9.17) is 14.7 Å². The number of ether oxygens (including phenoxy) is 1. The van der Waals surface area contributed by atoms with E-state index in [9.17, 15) is 4.79 Å². The van der Waals surface area contributed by atoms with Gasteiger partial charge in [0.2, 0.25) is 0 Å². The summed E-state index contributed by atoms with van der Waals surface area (Å²) in [6.45, 7) is 2.15. The summed E-state index contributed by atoms with van der Waals surface area (Å²) in [5, 5.41) is 0. The average molecular weight is 320 g/mol. The standard InChI is InChI=1S/C20H20N2O2/c1-3-4-11-18-19(22-17-13-8-7-12-16(17)21-18)14-9-5-6-10-15(14)20(23)24-2/h5-10,12-13H,3-4,11H2,1-2H3. The molecule has 1 aromatic heterocycles. The number of hydrogen-bond donors (Lipinski definition) is 0. The highest BCUT2D eigenvalue weighted by Gasteiger charge is 2.18. The van der Waals surface area contributed by atoms with Crippen molar-refractivity contribution in [2.24, 2.45) is 0 Å². The Morgan fingerprint density at radius 1 is 1.00 bits per heavy atom. The van der Waals surface area contributed by atoms with Crippen LogP contribution in [0.15, 0.2) is 48.5 Å². The van der Waals surface area contributed by atoms with Gasteiger partial charge in [-0.3, -0.25) is 0 Å². The van der Waals surface area contributed by atoms with Gasteiger partial charge in [-0.2, -0.15) is 0 Å². The number of hydrogen-bond acceptors (Lipinski definition) is 4. The van der Waals surface area contributed by atoms with Crippen molar-refractivity contribution < 1.29 is 9.53 Å². The maximum Gasteiger partial charge on any atom is 0.338 e. The predicted molar refractivity (Wildman–Crippen MR) is 94.9 cm³/mol. The van der Waals surface area contributed by atoms with Gasteiger partial charge in [0.05, 0.1) is 35.1 Å². The van der Waals surface area contributed by atoms with Crippen molar-refractivity contribution in [1.82, 2.24) is 9.97 Å². The van der Waals surface area contributed by atoms with Crippen LogP contribution >= 0.6 is 0 Å². The summed E-state index contributed by atoms with van der Waals surface area (Å²) < 4.78 is 4.92. The number of rotatable bonds is 5. The molecule has 0 aliphatic rings. The molecule has 0 N–H and O–H groups in total. The number of fused-ring (bicyclic) bond motifs is 1. The summed E-state index contributed by atoms with van der Waals surface area (Å²) >= 11 is 0. The minimum atomic E-state index is -0.359. The highest BCUT2D eigenvalue weighted by atomic mass is 16.5. The molecule has 0 amide bonds. The maximum atomic E-state index is 12.1. The number of carbonyl (C=O) groups excluding carboxylic acids is 1. The van der Waals surface area contributed by atoms with E-state index >= 15 is 0 Å². The Kier molecular flexibility index (Phi) is 4.85. The minimum absolute atomic E-state index is 0.359. The van der Waals surface area contributed by atoms with Crippen LogP contribution in [-0.4, -0.2) is 23.0 Å². The molecule has 0 spiro atoms. The van der Waals surface area contributed by atoms with Crippen LogP contribution in [0.1, 0.15) is 35.8 Å². The van der Waals surface area contributed by atoms with Gasteiger partial charge in [0, 0.05) is 5.56 Å². The van der Waals surface area contributed by atoms with Crippen molar-refractivity contribution in [2.75, 3.05) is 7.11 Å². The Bertz CT molecular complexity index is 874. The number of para-hydroxylation sites is 2. The van der Waals surface area contributed by atoms with Crippen LogP contribution in [-0.2, 0) is 11.2 Å². The molecular weight excluding hydrogens is 300 g/mol. The second kappa shape index (κ2) is 7.21. The van der Waals surface area contributed by atoms with Crippen molar-refractivity contribution in [3.63, 3.8) is 0 Å². The van der Waals surface area contributed by atoms with E-state index in [2.05, 4.69) is 6.92 Å². The smallest absolute Gasteiger partial charge is 0.338 e. The number of methoxy groups -OCH3 is 1. The molecule has 0 aliphatic heterocycles. The zero-order chi connectivity index (χ0) is 16.9. The third-order valence-electron chi connectivity index (χ3n) is 4.00. The number of benzene rings is 2. The van der Waals surface area contributed by atoms with E-state index in [1.165, 1.54) is 7.11 Å². The molecule has 0 unspecified atom stereocenters. The van der Waals surface area contributed by atoms with E-state index in [0.29, 0.717) is 5.56 Å². The summed E-state index contributed by atoms with van der Waals surface area (Å²) in [6, 6.07) is 15.2. The van der Waals surface area contributed by atoms with Gasteiger partial charge in [0.1, 0.15) is 0 Å². The van der Waals surface area contributed by atoms with Gasteiger partial charge in [0.15, 0.2) is 0 Å². The van der Waals surface area contributed by atoms with E-state index in [1.54, 1.807) is 6.07 Å². The lowest BCUT2D eigenvalue weighted by Gasteiger charge is -2.12. The van der Waals surface area contributed by atoms with E-state index in [0.717, 1.165) is 47.2 Å². The summed E-state index contributed by atoms with van der Waals surface area (Å²) in [4.78, 5) is 21.7. The third kappa shape index (κ3) is 3.13. The third-order valence-corrected chi connectivity index (χ3v) is 4.00.